The smallest absolute Gasteiger partial charge is 0.0949 e. The van der Waals surface area contributed by atoms with Crippen LogP contribution in [0, 0.1) is 0 Å². The molecule has 1 fully saturated rings. The fourth-order valence-electron chi connectivity index (χ4n) is 3.29. The lowest BCUT2D eigenvalue weighted by molar-refractivity contribution is 0.643. The highest BCUT2D eigenvalue weighted by Crippen LogP contribution is 2.43. The summed E-state index contributed by atoms with van der Waals surface area (Å²) in [6, 6.07) is 21.9. The maximum Gasteiger partial charge on any atom is 0.0949 e. The summed E-state index contributed by atoms with van der Waals surface area (Å²) >= 11 is 0. The molecular weight excluding hydrogens is 244 g/mol. The van der Waals surface area contributed by atoms with E-state index in [-0.39, 0.29) is 0 Å². The number of nitrogens with zero attached hydrogens (tertiary/aromatic N) is 2. The molecule has 2 aromatic carbocycles. The van der Waals surface area contributed by atoms with Gasteiger partial charge in [0.05, 0.1) is 12.1 Å². The van der Waals surface area contributed by atoms with Gasteiger partial charge in [-0.3, -0.25) is 0 Å². The van der Waals surface area contributed by atoms with E-state index in [2.05, 4.69) is 70.9 Å². The summed E-state index contributed by atoms with van der Waals surface area (Å²) in [7, 11) is 0. The summed E-state index contributed by atoms with van der Waals surface area (Å²) in [5, 5.41) is 8.85. The first-order valence-electron chi connectivity index (χ1n) is 7.18. The van der Waals surface area contributed by atoms with E-state index < -0.39 is 0 Å². The van der Waals surface area contributed by atoms with Crippen molar-refractivity contribution in [2.24, 2.45) is 10.2 Å². The average molecular weight is 260 g/mol. The second kappa shape index (κ2) is 4.71. The largest absolute Gasteiger partial charge is 0.186 e. The molecule has 1 saturated carbocycles. The van der Waals surface area contributed by atoms with E-state index >= 15 is 0 Å². The molecule has 2 aromatic rings. The minimum absolute atomic E-state index is 0.301. The van der Waals surface area contributed by atoms with Gasteiger partial charge in [-0.05, 0) is 35.1 Å². The van der Waals surface area contributed by atoms with Crippen LogP contribution in [0.1, 0.15) is 24.0 Å². The number of hydrogen-bond donors (Lipinski definition) is 0. The summed E-state index contributed by atoms with van der Waals surface area (Å²) in [4.78, 5) is 0. The van der Waals surface area contributed by atoms with Crippen LogP contribution in [0.25, 0.3) is 5.57 Å². The van der Waals surface area contributed by atoms with Gasteiger partial charge in [-0.2, -0.15) is 10.2 Å². The van der Waals surface area contributed by atoms with Crippen molar-refractivity contribution in [3.05, 3.63) is 77.4 Å². The number of rotatable bonds is 2. The van der Waals surface area contributed by atoms with Crippen LogP contribution in [-0.4, -0.2) is 12.1 Å². The molecule has 0 saturated heterocycles. The average Bonchev–Trinajstić information content (AvgIpc) is 3.10. The van der Waals surface area contributed by atoms with Gasteiger partial charge < -0.3 is 0 Å². The maximum absolute atomic E-state index is 4.42. The highest BCUT2D eigenvalue weighted by molar-refractivity contribution is 5.84. The highest BCUT2D eigenvalue weighted by Gasteiger charge is 2.38. The van der Waals surface area contributed by atoms with E-state index in [1.54, 1.807) is 0 Å². The number of fused-ring (bicyclic) bond motifs is 2. The molecule has 1 heterocycles. The number of hydrogen-bond acceptors (Lipinski definition) is 2. The molecule has 0 N–H and O–H groups in total. The summed E-state index contributed by atoms with van der Waals surface area (Å²) in [6.07, 6.45) is 2.29. The molecule has 2 unspecified atom stereocenters. The zero-order chi connectivity index (χ0) is 13.4. The molecule has 98 valence electrons. The third-order valence-corrected chi connectivity index (χ3v) is 4.19. The lowest BCUT2D eigenvalue weighted by atomic mass is 9.90. The zero-order valence-electron chi connectivity index (χ0n) is 11.2. The van der Waals surface area contributed by atoms with Gasteiger partial charge >= 0.3 is 0 Å². The van der Waals surface area contributed by atoms with Crippen LogP contribution in [0.2, 0.25) is 0 Å². The Balaban J connectivity index is 1.94. The molecular formula is C18H16N2. The maximum atomic E-state index is 4.42. The predicted octanol–water partition coefficient (Wildman–Crippen LogP) is 4.49. The third-order valence-electron chi connectivity index (χ3n) is 4.19. The molecule has 0 radical (unpaired) electrons. The second-order valence-electron chi connectivity index (χ2n) is 5.40. The summed E-state index contributed by atoms with van der Waals surface area (Å²) in [5.74, 6) is 0. The Hall–Kier alpha value is -2.22. The Labute approximate surface area is 118 Å². The van der Waals surface area contributed by atoms with Crippen LogP contribution in [0.3, 0.4) is 0 Å². The van der Waals surface area contributed by atoms with Crippen LogP contribution >= 0.6 is 0 Å². The molecule has 2 bridgehead atoms. The molecule has 1 aliphatic heterocycles. The van der Waals surface area contributed by atoms with Crippen molar-refractivity contribution in [3.63, 3.8) is 0 Å². The van der Waals surface area contributed by atoms with Gasteiger partial charge in [-0.25, -0.2) is 0 Å². The Kier molecular flexibility index (Phi) is 2.73. The topological polar surface area (TPSA) is 24.7 Å². The molecule has 2 aliphatic rings. The Bertz CT molecular complexity index is 614. The Morgan fingerprint density at radius 2 is 1.15 bits per heavy atom. The minimum atomic E-state index is 0.301. The molecule has 20 heavy (non-hydrogen) atoms. The number of azo groups is 1. The second-order valence-corrected chi connectivity index (χ2v) is 5.40. The van der Waals surface area contributed by atoms with Gasteiger partial charge in [0.1, 0.15) is 0 Å². The van der Waals surface area contributed by atoms with Crippen molar-refractivity contribution >= 4 is 5.57 Å². The first-order valence-corrected chi connectivity index (χ1v) is 7.18. The predicted molar refractivity (Wildman–Crippen MR) is 80.6 cm³/mol. The molecule has 2 heteroatoms. The SMILES string of the molecule is c1ccc(C(=C2C3CCC2N=N3)c2ccccc2)cc1. The highest BCUT2D eigenvalue weighted by atomic mass is 15.2. The molecule has 4 rings (SSSR count). The molecule has 1 aliphatic carbocycles. The standard InChI is InChI=1S/C18H16N2/c1-3-7-13(8-4-1)17(14-9-5-2-6-10-14)18-15-11-12-16(18)20-19-15/h1-10,15-16H,11-12H2. The lowest BCUT2D eigenvalue weighted by Gasteiger charge is -2.14. The Morgan fingerprint density at radius 1 is 0.700 bits per heavy atom. The monoisotopic (exact) mass is 260 g/mol. The van der Waals surface area contributed by atoms with Crippen molar-refractivity contribution in [1.29, 1.82) is 0 Å². The van der Waals surface area contributed by atoms with E-state index in [4.69, 9.17) is 0 Å². The van der Waals surface area contributed by atoms with E-state index in [0.717, 1.165) is 12.8 Å². The van der Waals surface area contributed by atoms with Gasteiger partial charge in [-0.15, -0.1) is 0 Å². The summed E-state index contributed by atoms with van der Waals surface area (Å²) < 4.78 is 0. The van der Waals surface area contributed by atoms with Crippen molar-refractivity contribution in [2.45, 2.75) is 24.9 Å². The van der Waals surface area contributed by atoms with Crippen LogP contribution in [0.5, 0.6) is 0 Å². The van der Waals surface area contributed by atoms with Crippen molar-refractivity contribution in [2.75, 3.05) is 0 Å². The van der Waals surface area contributed by atoms with Gasteiger partial charge in [0.2, 0.25) is 0 Å². The van der Waals surface area contributed by atoms with E-state index in [0.29, 0.717) is 12.1 Å². The molecule has 0 spiro atoms. The lowest BCUT2D eigenvalue weighted by Crippen LogP contribution is -2.05. The van der Waals surface area contributed by atoms with Crippen molar-refractivity contribution < 1.29 is 0 Å². The van der Waals surface area contributed by atoms with E-state index in [9.17, 15) is 0 Å². The van der Waals surface area contributed by atoms with E-state index in [1.807, 2.05) is 0 Å². The van der Waals surface area contributed by atoms with Crippen LogP contribution in [0.15, 0.2) is 76.5 Å². The van der Waals surface area contributed by atoms with E-state index in [1.165, 1.54) is 22.3 Å². The first-order chi connectivity index (χ1) is 9.93. The van der Waals surface area contributed by atoms with Crippen LogP contribution in [0.4, 0.5) is 0 Å². The van der Waals surface area contributed by atoms with Gasteiger partial charge in [0.25, 0.3) is 0 Å². The van der Waals surface area contributed by atoms with Crippen molar-refractivity contribution in [3.8, 4) is 0 Å². The third kappa shape index (κ3) is 1.80. The summed E-state index contributed by atoms with van der Waals surface area (Å²) in [6.45, 7) is 0. The minimum Gasteiger partial charge on any atom is -0.186 e. The van der Waals surface area contributed by atoms with Crippen molar-refractivity contribution in [1.82, 2.24) is 0 Å². The van der Waals surface area contributed by atoms with Crippen LogP contribution < -0.4 is 0 Å². The van der Waals surface area contributed by atoms with Gasteiger partial charge in [0, 0.05) is 0 Å². The first kappa shape index (κ1) is 11.6. The zero-order valence-corrected chi connectivity index (χ0v) is 11.2. The van der Waals surface area contributed by atoms with Gasteiger partial charge in [0.15, 0.2) is 0 Å². The van der Waals surface area contributed by atoms with Gasteiger partial charge in [-0.1, -0.05) is 60.7 Å². The molecule has 2 nitrogen and oxygen atoms in total. The number of benzene rings is 2. The fourth-order valence-corrected chi connectivity index (χ4v) is 3.29. The quantitative estimate of drug-likeness (QED) is 0.760. The molecule has 2 atom stereocenters. The fraction of sp³-hybridized carbons (Fsp3) is 0.222. The Morgan fingerprint density at radius 3 is 1.55 bits per heavy atom. The summed E-state index contributed by atoms with van der Waals surface area (Å²) in [5.41, 5.74) is 5.31. The molecule has 0 aromatic heterocycles. The normalized spacial score (nSPS) is 23.3. The van der Waals surface area contributed by atoms with Crippen LogP contribution in [-0.2, 0) is 0 Å². The molecule has 0 amide bonds.